The van der Waals surface area contributed by atoms with E-state index in [-0.39, 0.29) is 0 Å². The van der Waals surface area contributed by atoms with Crippen molar-refractivity contribution in [1.82, 2.24) is 9.38 Å². The minimum absolute atomic E-state index is 0.335. The Bertz CT molecular complexity index is 894. The van der Waals surface area contributed by atoms with Crippen LogP contribution in [0, 0.1) is 13.8 Å². The number of halogens is 3. The van der Waals surface area contributed by atoms with Gasteiger partial charge in [0.15, 0.2) is 0 Å². The van der Waals surface area contributed by atoms with E-state index < -0.39 is 11.7 Å². The number of pyridine rings is 1. The summed E-state index contributed by atoms with van der Waals surface area (Å²) in [5.41, 5.74) is 9.94. The highest BCUT2D eigenvalue weighted by molar-refractivity contribution is 5.70. The molecule has 0 fully saturated rings. The van der Waals surface area contributed by atoms with Gasteiger partial charge in [0.1, 0.15) is 5.65 Å². The van der Waals surface area contributed by atoms with E-state index in [0.29, 0.717) is 30.0 Å². The average molecular weight is 333 g/mol. The maximum absolute atomic E-state index is 13.0. The van der Waals surface area contributed by atoms with Gasteiger partial charge in [0.05, 0.1) is 17.0 Å². The lowest BCUT2D eigenvalue weighted by Gasteiger charge is -2.09. The van der Waals surface area contributed by atoms with Crippen LogP contribution in [0.3, 0.4) is 0 Å². The predicted molar refractivity (Wildman–Crippen MR) is 87.9 cm³/mol. The first kappa shape index (κ1) is 16.5. The Labute approximate surface area is 137 Å². The molecule has 3 aromatic rings. The lowest BCUT2D eigenvalue weighted by Crippen LogP contribution is -2.09. The summed E-state index contributed by atoms with van der Waals surface area (Å²) < 4.78 is 40.5. The van der Waals surface area contributed by atoms with Crippen LogP contribution in [0.5, 0.6) is 0 Å². The van der Waals surface area contributed by atoms with Crippen LogP contribution in [0.4, 0.5) is 13.2 Å². The van der Waals surface area contributed by atoms with Crippen molar-refractivity contribution in [3.63, 3.8) is 0 Å². The molecule has 2 N–H and O–H groups in total. The van der Waals surface area contributed by atoms with Gasteiger partial charge in [-0.15, -0.1) is 0 Å². The van der Waals surface area contributed by atoms with Crippen LogP contribution < -0.4 is 5.73 Å². The van der Waals surface area contributed by atoms with Gasteiger partial charge in [-0.05, 0) is 38.1 Å². The van der Waals surface area contributed by atoms with Gasteiger partial charge in [-0.1, -0.05) is 23.8 Å². The number of benzene rings is 1. The summed E-state index contributed by atoms with van der Waals surface area (Å²) >= 11 is 0. The molecule has 24 heavy (non-hydrogen) atoms. The van der Waals surface area contributed by atoms with Gasteiger partial charge in [-0.2, -0.15) is 13.2 Å². The number of fused-ring (bicyclic) bond motifs is 1. The largest absolute Gasteiger partial charge is 0.417 e. The molecule has 0 bridgehead atoms. The third-order valence-corrected chi connectivity index (χ3v) is 4.06. The van der Waals surface area contributed by atoms with Crippen LogP contribution in [0.15, 0.2) is 36.5 Å². The van der Waals surface area contributed by atoms with Gasteiger partial charge in [0.25, 0.3) is 0 Å². The molecule has 1 aromatic carbocycles. The zero-order chi connectivity index (χ0) is 17.5. The topological polar surface area (TPSA) is 43.3 Å². The van der Waals surface area contributed by atoms with E-state index in [2.05, 4.69) is 4.98 Å². The summed E-state index contributed by atoms with van der Waals surface area (Å²) in [6, 6.07) is 8.42. The van der Waals surface area contributed by atoms with Crippen LogP contribution >= 0.6 is 0 Å². The second-order valence-electron chi connectivity index (χ2n) is 5.91. The minimum atomic E-state index is -4.39. The SMILES string of the molecule is Cc1ccc(-c2nc3ccc(C(F)(F)F)cn3c2CCN)c(C)c1. The van der Waals surface area contributed by atoms with Crippen molar-refractivity contribution in [2.75, 3.05) is 6.54 Å². The summed E-state index contributed by atoms with van der Waals surface area (Å²) in [6.45, 7) is 4.30. The van der Waals surface area contributed by atoms with Gasteiger partial charge in [0, 0.05) is 18.2 Å². The summed E-state index contributed by atoms with van der Waals surface area (Å²) in [4.78, 5) is 4.56. The Morgan fingerprint density at radius 3 is 2.50 bits per heavy atom. The molecule has 0 spiro atoms. The molecule has 0 saturated heterocycles. The van der Waals surface area contributed by atoms with Crippen molar-refractivity contribution in [2.45, 2.75) is 26.4 Å². The van der Waals surface area contributed by atoms with E-state index in [4.69, 9.17) is 5.73 Å². The number of alkyl halides is 3. The monoisotopic (exact) mass is 333 g/mol. The third-order valence-electron chi connectivity index (χ3n) is 4.06. The van der Waals surface area contributed by atoms with Gasteiger partial charge in [0.2, 0.25) is 0 Å². The molecule has 126 valence electrons. The second kappa shape index (κ2) is 5.94. The van der Waals surface area contributed by atoms with Crippen molar-refractivity contribution in [3.05, 3.63) is 58.9 Å². The number of nitrogens with two attached hydrogens (primary N) is 1. The van der Waals surface area contributed by atoms with Gasteiger partial charge >= 0.3 is 6.18 Å². The Kier molecular flexibility index (Phi) is 4.09. The van der Waals surface area contributed by atoms with E-state index >= 15 is 0 Å². The molecule has 2 heterocycles. The fourth-order valence-electron chi connectivity index (χ4n) is 2.93. The predicted octanol–water partition coefficient (Wildman–Crippen LogP) is 4.14. The molecule has 2 aromatic heterocycles. The van der Waals surface area contributed by atoms with Crippen LogP contribution in [0.2, 0.25) is 0 Å². The zero-order valence-electron chi connectivity index (χ0n) is 13.5. The lowest BCUT2D eigenvalue weighted by molar-refractivity contribution is -0.137. The van der Waals surface area contributed by atoms with E-state index in [1.807, 2.05) is 32.0 Å². The summed E-state index contributed by atoms with van der Waals surface area (Å²) in [5, 5.41) is 0. The van der Waals surface area contributed by atoms with E-state index in [1.165, 1.54) is 10.5 Å². The standard InChI is InChI=1S/C18H18F3N3/c1-11-3-5-14(12(2)9-11)17-15(7-8-22)24-10-13(18(19,20)21)4-6-16(24)23-17/h3-6,9-10H,7-8,22H2,1-2H3. The maximum atomic E-state index is 13.0. The smallest absolute Gasteiger partial charge is 0.330 e. The normalized spacial score (nSPS) is 12.1. The molecule has 3 rings (SSSR count). The fraction of sp³-hybridized carbons (Fsp3) is 0.278. The van der Waals surface area contributed by atoms with Crippen LogP contribution in [0.1, 0.15) is 22.4 Å². The molecule has 0 amide bonds. The van der Waals surface area contributed by atoms with E-state index in [0.717, 1.165) is 29.0 Å². The van der Waals surface area contributed by atoms with Gasteiger partial charge in [-0.3, -0.25) is 0 Å². The van der Waals surface area contributed by atoms with Crippen LogP contribution in [0.25, 0.3) is 16.9 Å². The summed E-state index contributed by atoms with van der Waals surface area (Å²) in [6.07, 6.45) is -2.84. The molecule has 0 unspecified atom stereocenters. The van der Waals surface area contributed by atoms with Gasteiger partial charge in [-0.25, -0.2) is 4.98 Å². The quantitative estimate of drug-likeness (QED) is 0.783. The number of nitrogens with zero attached hydrogens (tertiary/aromatic N) is 2. The Morgan fingerprint density at radius 2 is 1.88 bits per heavy atom. The third kappa shape index (κ3) is 2.89. The number of imidazole rings is 1. The fourth-order valence-corrected chi connectivity index (χ4v) is 2.93. The molecule has 0 aliphatic heterocycles. The first-order valence-electron chi connectivity index (χ1n) is 7.67. The van der Waals surface area contributed by atoms with E-state index in [1.54, 1.807) is 0 Å². The first-order chi connectivity index (χ1) is 11.3. The molecule has 0 saturated carbocycles. The number of aromatic nitrogens is 2. The lowest BCUT2D eigenvalue weighted by atomic mass is 10.0. The number of hydrogen-bond acceptors (Lipinski definition) is 2. The van der Waals surface area contributed by atoms with Crippen molar-refractivity contribution in [1.29, 1.82) is 0 Å². The molecule has 0 radical (unpaired) electrons. The summed E-state index contributed by atoms with van der Waals surface area (Å²) in [5.74, 6) is 0. The molecule has 0 atom stereocenters. The highest BCUT2D eigenvalue weighted by atomic mass is 19.4. The van der Waals surface area contributed by atoms with Crippen molar-refractivity contribution in [2.24, 2.45) is 5.73 Å². The zero-order valence-corrected chi connectivity index (χ0v) is 13.5. The average Bonchev–Trinajstić information content (AvgIpc) is 2.85. The highest BCUT2D eigenvalue weighted by Gasteiger charge is 2.31. The molecular formula is C18H18F3N3. The number of hydrogen-bond donors (Lipinski definition) is 1. The molecular weight excluding hydrogens is 315 g/mol. The van der Waals surface area contributed by atoms with E-state index in [9.17, 15) is 13.2 Å². The maximum Gasteiger partial charge on any atom is 0.417 e. The Morgan fingerprint density at radius 1 is 1.12 bits per heavy atom. The summed E-state index contributed by atoms with van der Waals surface area (Å²) in [7, 11) is 0. The van der Waals surface area contributed by atoms with Crippen molar-refractivity contribution >= 4 is 5.65 Å². The first-order valence-corrected chi connectivity index (χ1v) is 7.67. The molecule has 0 aliphatic carbocycles. The molecule has 3 nitrogen and oxygen atoms in total. The molecule has 6 heteroatoms. The van der Waals surface area contributed by atoms with Crippen LogP contribution in [-0.2, 0) is 12.6 Å². The number of rotatable bonds is 3. The minimum Gasteiger partial charge on any atom is -0.330 e. The van der Waals surface area contributed by atoms with Crippen molar-refractivity contribution in [3.8, 4) is 11.3 Å². The Hall–Kier alpha value is -2.34. The Balaban J connectivity index is 2.26. The highest BCUT2D eigenvalue weighted by Crippen LogP contribution is 2.32. The van der Waals surface area contributed by atoms with Gasteiger partial charge < -0.3 is 10.1 Å². The number of aryl methyl sites for hydroxylation is 2. The molecule has 0 aliphatic rings. The van der Waals surface area contributed by atoms with Crippen molar-refractivity contribution < 1.29 is 13.2 Å². The van der Waals surface area contributed by atoms with Crippen LogP contribution in [-0.4, -0.2) is 15.9 Å². The second-order valence-corrected chi connectivity index (χ2v) is 5.91.